The molecular formula is C2H6KNaO. The van der Waals surface area contributed by atoms with Gasteiger partial charge in [-0.15, -0.1) is 0 Å². The van der Waals surface area contributed by atoms with Crippen LogP contribution in [0.2, 0.25) is 0 Å². The molecule has 0 bridgehead atoms. The van der Waals surface area contributed by atoms with E-state index in [1.54, 1.807) is 0 Å². The van der Waals surface area contributed by atoms with Crippen molar-refractivity contribution in [3.05, 3.63) is 0 Å². The van der Waals surface area contributed by atoms with Crippen LogP contribution < -0.4 is 0 Å². The molecule has 0 saturated carbocycles. The molecule has 0 N–H and O–H groups in total. The zero-order valence-electron chi connectivity index (χ0n) is 1.99. The van der Waals surface area contributed by atoms with Gasteiger partial charge in [-0.2, -0.15) is 0 Å². The molecule has 0 unspecified atom stereocenters. The van der Waals surface area contributed by atoms with Crippen LogP contribution in [0.5, 0.6) is 0 Å². The van der Waals surface area contributed by atoms with Gasteiger partial charge in [-0.25, -0.2) is 0 Å². The molecule has 0 aliphatic carbocycles. The number of aldehydes is 1. The van der Waals surface area contributed by atoms with Crippen LogP contribution in [-0.4, -0.2) is 87.2 Å². The van der Waals surface area contributed by atoms with E-state index in [4.69, 9.17) is 4.79 Å². The first-order valence-electron chi connectivity index (χ1n) is 0.813. The third-order valence-electron chi connectivity index (χ3n) is 0. The predicted molar refractivity (Wildman–Crippen MR) is 26.0 cm³/mol. The van der Waals surface area contributed by atoms with Gasteiger partial charge in [0, 0.05) is 0 Å². The molecular weight excluding hydrogens is 102 g/mol. The SMILES string of the molecule is CC=O.[KH].[NaH]. The number of hydrogen-bond acceptors (Lipinski definition) is 1. The number of carbonyl (C=O) groups excluding carboxylic acids is 1. The van der Waals surface area contributed by atoms with E-state index in [2.05, 4.69) is 0 Å². The van der Waals surface area contributed by atoms with Crippen molar-refractivity contribution in [3.63, 3.8) is 0 Å². The van der Waals surface area contributed by atoms with Gasteiger partial charge in [0.15, 0.2) is 0 Å². The molecule has 5 heavy (non-hydrogen) atoms. The van der Waals surface area contributed by atoms with Gasteiger partial charge in [0.2, 0.25) is 0 Å². The van der Waals surface area contributed by atoms with E-state index in [1.807, 2.05) is 0 Å². The van der Waals surface area contributed by atoms with Crippen molar-refractivity contribution < 1.29 is 4.79 Å². The van der Waals surface area contributed by atoms with Gasteiger partial charge in [-0.05, 0) is 6.92 Å². The molecule has 0 amide bonds. The Morgan fingerprint density at radius 3 is 1.60 bits per heavy atom. The fraction of sp³-hybridized carbons (Fsp3) is 0.500. The summed E-state index contributed by atoms with van der Waals surface area (Å²) in [5.74, 6) is 0. The fourth-order valence-electron chi connectivity index (χ4n) is 0. The van der Waals surface area contributed by atoms with Gasteiger partial charge in [0.1, 0.15) is 6.29 Å². The first-order valence-corrected chi connectivity index (χ1v) is 0.813. The second kappa shape index (κ2) is 16.2. The molecule has 1 nitrogen and oxygen atoms in total. The molecule has 3 heteroatoms. The van der Waals surface area contributed by atoms with Crippen molar-refractivity contribution >= 4 is 87.2 Å². The third kappa shape index (κ3) is 22.0. The summed E-state index contributed by atoms with van der Waals surface area (Å²) < 4.78 is 0. The van der Waals surface area contributed by atoms with Crippen LogP contribution >= 0.6 is 0 Å². The van der Waals surface area contributed by atoms with Crippen LogP contribution in [0.1, 0.15) is 6.92 Å². The van der Waals surface area contributed by atoms with E-state index in [9.17, 15) is 0 Å². The molecule has 0 aromatic heterocycles. The van der Waals surface area contributed by atoms with Crippen molar-refractivity contribution in [3.8, 4) is 0 Å². The second-order valence-electron chi connectivity index (χ2n) is 0.236. The monoisotopic (exact) mass is 108 g/mol. The van der Waals surface area contributed by atoms with E-state index in [1.165, 1.54) is 6.92 Å². The van der Waals surface area contributed by atoms with Crippen molar-refractivity contribution in [2.75, 3.05) is 0 Å². The number of carbonyl (C=O) groups is 1. The van der Waals surface area contributed by atoms with E-state index in [0.717, 1.165) is 6.29 Å². The van der Waals surface area contributed by atoms with Gasteiger partial charge < -0.3 is 4.79 Å². The molecule has 0 rings (SSSR count). The van der Waals surface area contributed by atoms with Crippen molar-refractivity contribution in [2.45, 2.75) is 6.92 Å². The predicted octanol–water partition coefficient (Wildman–Crippen LogP) is -1.09. The Morgan fingerprint density at radius 2 is 1.60 bits per heavy atom. The topological polar surface area (TPSA) is 17.1 Å². The first kappa shape index (κ1) is 15.7. The molecule has 0 spiro atoms. The molecule has 22 valence electrons. The molecule has 0 atom stereocenters. The average molecular weight is 108 g/mol. The minimum absolute atomic E-state index is 0. The summed E-state index contributed by atoms with van der Waals surface area (Å²) in [5.41, 5.74) is 0. The van der Waals surface area contributed by atoms with Gasteiger partial charge in [0.05, 0.1) is 0 Å². The Kier molecular flexibility index (Phi) is 50.9. The quantitative estimate of drug-likeness (QED) is 0.284. The number of hydrogen-bond donors (Lipinski definition) is 0. The molecule has 0 aromatic rings. The van der Waals surface area contributed by atoms with E-state index >= 15 is 0 Å². The Balaban J connectivity index is -0.0000000200. The Bertz CT molecular complexity index is 17.1. The zero-order chi connectivity index (χ0) is 2.71. The molecule has 0 radical (unpaired) electrons. The third-order valence-corrected chi connectivity index (χ3v) is 0. The van der Waals surface area contributed by atoms with Gasteiger partial charge >= 0.3 is 80.9 Å². The fourth-order valence-corrected chi connectivity index (χ4v) is 0. The summed E-state index contributed by atoms with van der Waals surface area (Å²) >= 11 is 0. The van der Waals surface area contributed by atoms with E-state index < -0.39 is 0 Å². The molecule has 0 aromatic carbocycles. The summed E-state index contributed by atoms with van der Waals surface area (Å²) in [6, 6.07) is 0. The summed E-state index contributed by atoms with van der Waals surface area (Å²) in [6.45, 7) is 1.44. The Hall–Kier alpha value is 2.31. The summed E-state index contributed by atoms with van der Waals surface area (Å²) in [4.78, 5) is 8.81. The van der Waals surface area contributed by atoms with E-state index in [-0.39, 0.29) is 80.9 Å². The Morgan fingerprint density at radius 1 is 1.60 bits per heavy atom. The van der Waals surface area contributed by atoms with Crippen LogP contribution in [0.25, 0.3) is 0 Å². The van der Waals surface area contributed by atoms with Gasteiger partial charge in [0.25, 0.3) is 0 Å². The molecule has 0 fully saturated rings. The maximum atomic E-state index is 8.81. The minimum atomic E-state index is 0. The van der Waals surface area contributed by atoms with Crippen LogP contribution in [0.4, 0.5) is 0 Å². The van der Waals surface area contributed by atoms with Crippen LogP contribution in [0, 0.1) is 0 Å². The molecule has 0 saturated heterocycles. The van der Waals surface area contributed by atoms with E-state index in [0.29, 0.717) is 0 Å². The zero-order valence-corrected chi connectivity index (χ0v) is 1.99. The first-order chi connectivity index (χ1) is 1.41. The normalized spacial score (nSPS) is 2.60. The van der Waals surface area contributed by atoms with Crippen LogP contribution in [-0.2, 0) is 4.79 Å². The second-order valence-corrected chi connectivity index (χ2v) is 0.236. The molecule has 0 aliphatic heterocycles. The summed E-state index contributed by atoms with van der Waals surface area (Å²) in [5, 5.41) is 0. The summed E-state index contributed by atoms with van der Waals surface area (Å²) in [6.07, 6.45) is 0.750. The number of rotatable bonds is 0. The van der Waals surface area contributed by atoms with Crippen LogP contribution in [0.15, 0.2) is 0 Å². The van der Waals surface area contributed by atoms with Gasteiger partial charge in [-0.1, -0.05) is 0 Å². The Labute approximate surface area is 96.6 Å². The van der Waals surface area contributed by atoms with Crippen molar-refractivity contribution in [1.29, 1.82) is 0 Å². The maximum absolute atomic E-state index is 8.81. The van der Waals surface area contributed by atoms with Gasteiger partial charge in [-0.3, -0.25) is 0 Å². The van der Waals surface area contributed by atoms with Crippen molar-refractivity contribution in [2.24, 2.45) is 0 Å². The molecule has 0 heterocycles. The van der Waals surface area contributed by atoms with Crippen LogP contribution in [0.3, 0.4) is 0 Å². The average Bonchev–Trinajstić information content (AvgIpc) is 0.918. The molecule has 0 aliphatic rings. The summed E-state index contributed by atoms with van der Waals surface area (Å²) in [7, 11) is 0. The standard InChI is InChI=1S/C2H4O.K.Na.2H/c1-2-3;;;;/h2H,1H3;;;;. The van der Waals surface area contributed by atoms with Crippen molar-refractivity contribution in [1.82, 2.24) is 0 Å².